The van der Waals surface area contributed by atoms with Crippen molar-refractivity contribution in [1.29, 1.82) is 0 Å². The first kappa shape index (κ1) is 14.9. The zero-order chi connectivity index (χ0) is 14.5. The van der Waals surface area contributed by atoms with Gasteiger partial charge in [-0.3, -0.25) is 4.79 Å². The maximum atomic E-state index is 11.7. The van der Waals surface area contributed by atoms with E-state index in [0.717, 1.165) is 37.2 Å². The zero-order valence-corrected chi connectivity index (χ0v) is 12.6. The number of rotatable bonds is 4. The van der Waals surface area contributed by atoms with Crippen molar-refractivity contribution in [3.05, 3.63) is 29.8 Å². The van der Waals surface area contributed by atoms with Crippen LogP contribution < -0.4 is 5.32 Å². The lowest BCUT2D eigenvalue weighted by Gasteiger charge is -2.31. The number of carbonyl (C=O) groups is 1. The van der Waals surface area contributed by atoms with Crippen molar-refractivity contribution in [3.8, 4) is 0 Å². The highest BCUT2D eigenvalue weighted by atomic mass is 16.5. The quantitative estimate of drug-likeness (QED) is 0.858. The smallest absolute Gasteiger partial charge is 0.312 e. The van der Waals surface area contributed by atoms with Crippen LogP contribution in [0.2, 0.25) is 0 Å². The van der Waals surface area contributed by atoms with Gasteiger partial charge in [-0.05, 0) is 51.5 Å². The number of carbonyl (C=O) groups excluding carboxylic acids is 1. The minimum atomic E-state index is -0.241. The molecule has 1 aromatic rings. The summed E-state index contributed by atoms with van der Waals surface area (Å²) in [5.74, 6) is -0.433. The van der Waals surface area contributed by atoms with Crippen molar-refractivity contribution in [3.63, 3.8) is 0 Å². The fraction of sp³-hybridized carbons (Fsp3) is 0.562. The normalized spacial score (nSPS) is 18.6. The number of hydrogen-bond acceptors (Lipinski definition) is 4. The predicted octanol–water partition coefficient (Wildman–Crippen LogP) is 2.47. The number of para-hydroxylation sites is 1. The molecule has 4 nitrogen and oxygen atoms in total. The highest BCUT2D eigenvalue weighted by Crippen LogP contribution is 2.27. The lowest BCUT2D eigenvalue weighted by molar-refractivity contribution is -0.141. The lowest BCUT2D eigenvalue weighted by Crippen LogP contribution is -2.37. The Bertz CT molecular complexity index is 454. The van der Waals surface area contributed by atoms with Crippen molar-refractivity contribution < 1.29 is 9.53 Å². The van der Waals surface area contributed by atoms with Crippen LogP contribution in [0.1, 0.15) is 31.2 Å². The van der Waals surface area contributed by atoms with Crippen LogP contribution in [0.4, 0.5) is 5.69 Å². The molecule has 20 heavy (non-hydrogen) atoms. The van der Waals surface area contributed by atoms with Gasteiger partial charge in [0.15, 0.2) is 0 Å². The van der Waals surface area contributed by atoms with E-state index in [2.05, 4.69) is 17.3 Å². The highest BCUT2D eigenvalue weighted by Gasteiger charge is 2.21. The fourth-order valence-electron chi connectivity index (χ4n) is 2.68. The molecule has 0 amide bonds. The number of benzene rings is 1. The molecule has 1 fully saturated rings. The molecular weight excluding hydrogens is 252 g/mol. The number of nitrogens with one attached hydrogen (secondary N) is 1. The molecular formula is C16H24N2O2. The summed E-state index contributed by atoms with van der Waals surface area (Å²) in [4.78, 5) is 14.1. The van der Waals surface area contributed by atoms with Crippen molar-refractivity contribution in [2.24, 2.45) is 0 Å². The van der Waals surface area contributed by atoms with Gasteiger partial charge in [0.05, 0.1) is 13.0 Å². The average Bonchev–Trinajstić information content (AvgIpc) is 2.48. The van der Waals surface area contributed by atoms with Crippen LogP contribution in [0.3, 0.4) is 0 Å². The maximum absolute atomic E-state index is 11.7. The standard InChI is InChI=1S/C16H24N2O2/c1-12(16(19)20-3)14-6-4-5-7-15(14)17-13-8-10-18(2)11-9-13/h4-7,12-13,17H,8-11H2,1-3H3. The van der Waals surface area contributed by atoms with Gasteiger partial charge in [0.25, 0.3) is 0 Å². The van der Waals surface area contributed by atoms with Gasteiger partial charge in [-0.2, -0.15) is 0 Å². The van der Waals surface area contributed by atoms with E-state index in [1.807, 2.05) is 31.2 Å². The van der Waals surface area contributed by atoms with Crippen LogP contribution in [0.25, 0.3) is 0 Å². The van der Waals surface area contributed by atoms with Crippen molar-refractivity contribution in [2.75, 3.05) is 32.6 Å². The molecule has 1 saturated heterocycles. The summed E-state index contributed by atoms with van der Waals surface area (Å²) in [7, 11) is 3.59. The molecule has 1 atom stereocenters. The number of likely N-dealkylation sites (tertiary alicyclic amines) is 1. The van der Waals surface area contributed by atoms with Crippen LogP contribution in [-0.4, -0.2) is 44.2 Å². The van der Waals surface area contributed by atoms with Gasteiger partial charge >= 0.3 is 5.97 Å². The SMILES string of the molecule is COC(=O)C(C)c1ccccc1NC1CCN(C)CC1. The summed E-state index contributed by atoms with van der Waals surface area (Å²) >= 11 is 0. The number of methoxy groups -OCH3 is 1. The van der Waals surface area contributed by atoms with Gasteiger partial charge in [0.2, 0.25) is 0 Å². The molecule has 0 spiro atoms. The van der Waals surface area contributed by atoms with Crippen LogP contribution in [0.5, 0.6) is 0 Å². The third-order valence-electron chi connectivity index (χ3n) is 4.06. The molecule has 1 aromatic carbocycles. The summed E-state index contributed by atoms with van der Waals surface area (Å²) in [6.07, 6.45) is 2.27. The molecule has 2 rings (SSSR count). The van der Waals surface area contributed by atoms with Gasteiger partial charge < -0.3 is 15.0 Å². The van der Waals surface area contributed by atoms with Gasteiger partial charge in [-0.1, -0.05) is 18.2 Å². The van der Waals surface area contributed by atoms with E-state index < -0.39 is 0 Å². The Balaban J connectivity index is 2.10. The Morgan fingerprint density at radius 3 is 2.65 bits per heavy atom. The topological polar surface area (TPSA) is 41.6 Å². The molecule has 1 heterocycles. The maximum Gasteiger partial charge on any atom is 0.312 e. The highest BCUT2D eigenvalue weighted by molar-refractivity contribution is 5.80. The molecule has 1 aliphatic rings. The Labute approximate surface area is 121 Å². The number of anilines is 1. The Hall–Kier alpha value is -1.55. The van der Waals surface area contributed by atoms with E-state index in [9.17, 15) is 4.79 Å². The van der Waals surface area contributed by atoms with Crippen LogP contribution >= 0.6 is 0 Å². The average molecular weight is 276 g/mol. The molecule has 1 aliphatic heterocycles. The molecule has 1 N–H and O–H groups in total. The minimum absolute atomic E-state index is 0.192. The van der Waals surface area contributed by atoms with E-state index in [1.165, 1.54) is 7.11 Å². The fourth-order valence-corrected chi connectivity index (χ4v) is 2.68. The number of piperidine rings is 1. The Morgan fingerprint density at radius 1 is 1.35 bits per heavy atom. The summed E-state index contributed by atoms with van der Waals surface area (Å²) < 4.78 is 4.85. The van der Waals surface area contributed by atoms with Crippen molar-refractivity contribution in [1.82, 2.24) is 4.90 Å². The van der Waals surface area contributed by atoms with E-state index >= 15 is 0 Å². The third kappa shape index (κ3) is 3.51. The van der Waals surface area contributed by atoms with Crippen LogP contribution in [0.15, 0.2) is 24.3 Å². The van der Waals surface area contributed by atoms with Gasteiger partial charge in [-0.15, -0.1) is 0 Å². The Morgan fingerprint density at radius 2 is 2.00 bits per heavy atom. The summed E-state index contributed by atoms with van der Waals surface area (Å²) in [5, 5.41) is 3.60. The molecule has 1 unspecified atom stereocenters. The molecule has 0 radical (unpaired) electrons. The zero-order valence-electron chi connectivity index (χ0n) is 12.6. The largest absolute Gasteiger partial charge is 0.469 e. The number of nitrogens with zero attached hydrogens (tertiary/aromatic N) is 1. The molecule has 0 aromatic heterocycles. The summed E-state index contributed by atoms with van der Waals surface area (Å²) in [6, 6.07) is 8.50. The summed E-state index contributed by atoms with van der Waals surface area (Å²) in [6.45, 7) is 4.12. The van der Waals surface area contributed by atoms with E-state index in [1.54, 1.807) is 0 Å². The molecule has 4 heteroatoms. The molecule has 110 valence electrons. The van der Waals surface area contributed by atoms with Crippen molar-refractivity contribution in [2.45, 2.75) is 31.7 Å². The summed E-state index contributed by atoms with van der Waals surface area (Å²) in [5.41, 5.74) is 2.07. The Kier molecular flexibility index (Phi) is 5.01. The van der Waals surface area contributed by atoms with E-state index in [4.69, 9.17) is 4.74 Å². The second-order valence-electron chi connectivity index (χ2n) is 5.55. The monoisotopic (exact) mass is 276 g/mol. The van der Waals surface area contributed by atoms with Gasteiger partial charge in [0.1, 0.15) is 0 Å². The number of ether oxygens (including phenoxy) is 1. The molecule has 0 bridgehead atoms. The molecule has 0 aliphatic carbocycles. The first-order chi connectivity index (χ1) is 9.61. The third-order valence-corrected chi connectivity index (χ3v) is 4.06. The first-order valence-electron chi connectivity index (χ1n) is 7.23. The first-order valence-corrected chi connectivity index (χ1v) is 7.23. The van der Waals surface area contributed by atoms with E-state index in [0.29, 0.717) is 6.04 Å². The predicted molar refractivity (Wildman–Crippen MR) is 81.0 cm³/mol. The number of esters is 1. The van der Waals surface area contributed by atoms with Gasteiger partial charge in [-0.25, -0.2) is 0 Å². The lowest BCUT2D eigenvalue weighted by atomic mass is 9.97. The molecule has 0 saturated carbocycles. The number of hydrogen-bond donors (Lipinski definition) is 1. The van der Waals surface area contributed by atoms with Crippen molar-refractivity contribution >= 4 is 11.7 Å². The van der Waals surface area contributed by atoms with E-state index in [-0.39, 0.29) is 11.9 Å². The second-order valence-corrected chi connectivity index (χ2v) is 5.55. The second kappa shape index (κ2) is 6.75. The van der Waals surface area contributed by atoms with Gasteiger partial charge in [0, 0.05) is 11.7 Å². The van der Waals surface area contributed by atoms with Crippen LogP contribution in [0, 0.1) is 0 Å². The minimum Gasteiger partial charge on any atom is -0.469 e. The van der Waals surface area contributed by atoms with Crippen LogP contribution in [-0.2, 0) is 9.53 Å².